The van der Waals surface area contributed by atoms with Crippen LogP contribution in [-0.4, -0.2) is 35.2 Å². The van der Waals surface area contributed by atoms with Crippen molar-refractivity contribution in [3.05, 3.63) is 65.7 Å². The van der Waals surface area contributed by atoms with E-state index in [-0.39, 0.29) is 30.2 Å². The molecule has 1 aliphatic heterocycles. The van der Waals surface area contributed by atoms with Crippen molar-refractivity contribution in [3.8, 4) is 0 Å². The minimum Gasteiger partial charge on any atom is -0.336 e. The third-order valence-electron chi connectivity index (χ3n) is 4.29. The molecule has 3 amide bonds. The average molecular weight is 351 g/mol. The van der Waals surface area contributed by atoms with Gasteiger partial charge in [0.15, 0.2) is 5.78 Å². The van der Waals surface area contributed by atoms with Crippen LogP contribution in [0.5, 0.6) is 0 Å². The number of likely N-dealkylation sites (tertiary alicyclic amines) is 1. The van der Waals surface area contributed by atoms with Crippen LogP contribution in [-0.2, 0) is 11.3 Å². The third kappa shape index (κ3) is 4.47. The highest BCUT2D eigenvalue weighted by molar-refractivity contribution is 5.97. The van der Waals surface area contributed by atoms with Gasteiger partial charge < -0.3 is 15.5 Å². The van der Waals surface area contributed by atoms with Crippen LogP contribution in [0, 0.1) is 0 Å². The van der Waals surface area contributed by atoms with Crippen molar-refractivity contribution < 1.29 is 14.4 Å². The first-order chi connectivity index (χ1) is 12.5. The molecule has 0 radical (unpaired) electrons. The van der Waals surface area contributed by atoms with Crippen LogP contribution in [0.2, 0.25) is 0 Å². The molecular weight excluding hydrogens is 330 g/mol. The monoisotopic (exact) mass is 351 g/mol. The summed E-state index contributed by atoms with van der Waals surface area (Å²) in [6.07, 6.45) is 0.285. The van der Waals surface area contributed by atoms with Gasteiger partial charge >= 0.3 is 6.03 Å². The lowest BCUT2D eigenvalue weighted by Gasteiger charge is -2.17. The number of benzene rings is 2. The molecule has 1 atom stereocenters. The molecule has 1 saturated heterocycles. The summed E-state index contributed by atoms with van der Waals surface area (Å²) in [5.41, 5.74) is 2.14. The van der Waals surface area contributed by atoms with Gasteiger partial charge in [-0.15, -0.1) is 0 Å². The zero-order valence-corrected chi connectivity index (χ0v) is 14.6. The van der Waals surface area contributed by atoms with Gasteiger partial charge in [0.25, 0.3) is 0 Å². The molecule has 1 heterocycles. The number of Topliss-reactive ketones (excluding diaryl/α,β-unsaturated/α-hetero) is 1. The smallest absolute Gasteiger partial charge is 0.319 e. The summed E-state index contributed by atoms with van der Waals surface area (Å²) in [7, 11) is 0. The summed E-state index contributed by atoms with van der Waals surface area (Å²) in [6.45, 7) is 2.50. The lowest BCUT2D eigenvalue weighted by molar-refractivity contribution is -0.128. The zero-order valence-electron chi connectivity index (χ0n) is 14.6. The second-order valence-corrected chi connectivity index (χ2v) is 6.40. The number of carbonyl (C=O) groups excluding carboxylic acids is 3. The highest BCUT2D eigenvalue weighted by Crippen LogP contribution is 2.16. The summed E-state index contributed by atoms with van der Waals surface area (Å²) in [4.78, 5) is 37.5. The molecule has 134 valence electrons. The highest BCUT2D eigenvalue weighted by atomic mass is 16.2. The molecule has 0 bridgehead atoms. The maximum Gasteiger partial charge on any atom is 0.319 e. The number of nitrogens with zero attached hydrogens (tertiary/aromatic N) is 1. The van der Waals surface area contributed by atoms with Crippen LogP contribution in [0.3, 0.4) is 0 Å². The molecule has 0 aromatic heterocycles. The van der Waals surface area contributed by atoms with E-state index in [9.17, 15) is 14.4 Å². The number of nitrogens with one attached hydrogen (secondary N) is 2. The van der Waals surface area contributed by atoms with Gasteiger partial charge in [-0.3, -0.25) is 9.59 Å². The predicted octanol–water partition coefficient (Wildman–Crippen LogP) is 2.81. The van der Waals surface area contributed by atoms with Gasteiger partial charge in [-0.1, -0.05) is 42.5 Å². The van der Waals surface area contributed by atoms with E-state index in [1.54, 1.807) is 29.2 Å². The van der Waals surface area contributed by atoms with Gasteiger partial charge in [0.05, 0.1) is 6.04 Å². The fraction of sp³-hybridized carbons (Fsp3) is 0.250. The molecule has 0 aliphatic carbocycles. The van der Waals surface area contributed by atoms with Crippen molar-refractivity contribution in [1.29, 1.82) is 0 Å². The van der Waals surface area contributed by atoms with Crippen LogP contribution < -0.4 is 10.6 Å². The van der Waals surface area contributed by atoms with E-state index >= 15 is 0 Å². The lowest BCUT2D eigenvalue weighted by atomic mass is 10.1. The van der Waals surface area contributed by atoms with Crippen LogP contribution >= 0.6 is 0 Å². The van der Waals surface area contributed by atoms with Crippen molar-refractivity contribution in [2.75, 3.05) is 11.9 Å². The molecule has 26 heavy (non-hydrogen) atoms. The lowest BCUT2D eigenvalue weighted by Crippen LogP contribution is -2.39. The van der Waals surface area contributed by atoms with Crippen LogP contribution in [0.4, 0.5) is 10.5 Å². The molecule has 6 nitrogen and oxygen atoms in total. The number of hydrogen-bond donors (Lipinski definition) is 2. The molecule has 0 spiro atoms. The fourth-order valence-corrected chi connectivity index (χ4v) is 2.99. The Morgan fingerprint density at radius 2 is 1.88 bits per heavy atom. The first-order valence-corrected chi connectivity index (χ1v) is 8.51. The Kier molecular flexibility index (Phi) is 5.31. The number of ketones is 1. The van der Waals surface area contributed by atoms with E-state index in [1.165, 1.54) is 6.92 Å². The number of carbonyl (C=O) groups is 3. The second-order valence-electron chi connectivity index (χ2n) is 6.40. The molecule has 6 heteroatoms. The molecule has 0 saturated carbocycles. The van der Waals surface area contributed by atoms with Crippen molar-refractivity contribution >= 4 is 23.4 Å². The highest BCUT2D eigenvalue weighted by Gasteiger charge is 2.30. The van der Waals surface area contributed by atoms with Gasteiger partial charge in [0.1, 0.15) is 0 Å². The van der Waals surface area contributed by atoms with Crippen molar-refractivity contribution in [2.45, 2.75) is 25.9 Å². The second kappa shape index (κ2) is 7.82. The Hall–Kier alpha value is -3.15. The number of rotatable bonds is 5. The number of hydrogen-bond acceptors (Lipinski definition) is 3. The fourth-order valence-electron chi connectivity index (χ4n) is 2.99. The van der Waals surface area contributed by atoms with E-state index in [0.717, 1.165) is 5.56 Å². The third-order valence-corrected chi connectivity index (χ3v) is 4.29. The SMILES string of the molecule is CC(=O)c1cccc(NC(=O)NC2CC(=O)N(Cc3ccccc3)C2)c1. The summed E-state index contributed by atoms with van der Waals surface area (Å²) in [6, 6.07) is 15.9. The van der Waals surface area contributed by atoms with E-state index in [0.29, 0.717) is 24.3 Å². The number of urea groups is 1. The maximum atomic E-state index is 12.2. The molecule has 1 aliphatic rings. The van der Waals surface area contributed by atoms with E-state index in [4.69, 9.17) is 0 Å². The summed E-state index contributed by atoms with van der Waals surface area (Å²) in [5.74, 6) is -0.0373. The van der Waals surface area contributed by atoms with Crippen molar-refractivity contribution in [3.63, 3.8) is 0 Å². The molecule has 1 unspecified atom stereocenters. The normalized spacial score (nSPS) is 16.4. The molecule has 2 aromatic carbocycles. The zero-order chi connectivity index (χ0) is 18.5. The van der Waals surface area contributed by atoms with Crippen molar-refractivity contribution in [2.24, 2.45) is 0 Å². The summed E-state index contributed by atoms with van der Waals surface area (Å²) in [5, 5.41) is 5.54. The quantitative estimate of drug-likeness (QED) is 0.813. The van der Waals surface area contributed by atoms with E-state index < -0.39 is 0 Å². The van der Waals surface area contributed by atoms with Gasteiger partial charge in [-0.2, -0.15) is 0 Å². The first kappa shape index (κ1) is 17.7. The molecule has 1 fully saturated rings. The largest absolute Gasteiger partial charge is 0.336 e. The van der Waals surface area contributed by atoms with Crippen LogP contribution in [0.1, 0.15) is 29.3 Å². The minimum atomic E-state index is -0.384. The van der Waals surface area contributed by atoms with Crippen molar-refractivity contribution in [1.82, 2.24) is 10.2 Å². The Morgan fingerprint density at radius 3 is 2.62 bits per heavy atom. The van der Waals surface area contributed by atoms with E-state index in [1.807, 2.05) is 30.3 Å². The van der Waals surface area contributed by atoms with Gasteiger partial charge in [-0.25, -0.2) is 4.79 Å². The van der Waals surface area contributed by atoms with Gasteiger partial charge in [-0.05, 0) is 24.6 Å². The minimum absolute atomic E-state index is 0.0257. The Morgan fingerprint density at radius 1 is 1.12 bits per heavy atom. The number of anilines is 1. The maximum absolute atomic E-state index is 12.2. The van der Waals surface area contributed by atoms with Gasteiger partial charge in [0, 0.05) is 30.8 Å². The average Bonchev–Trinajstić information content (AvgIpc) is 2.95. The standard InChI is InChI=1S/C20H21N3O3/c1-14(24)16-8-5-9-17(10-16)21-20(26)22-18-11-19(25)23(13-18)12-15-6-3-2-4-7-15/h2-10,18H,11-13H2,1H3,(H2,21,22,26). The predicted molar refractivity (Wildman–Crippen MR) is 98.9 cm³/mol. The number of amides is 3. The topological polar surface area (TPSA) is 78.5 Å². The Balaban J connectivity index is 1.54. The molecule has 3 rings (SSSR count). The molecule has 2 N–H and O–H groups in total. The van der Waals surface area contributed by atoms with E-state index in [2.05, 4.69) is 10.6 Å². The Bertz CT molecular complexity index is 820. The first-order valence-electron chi connectivity index (χ1n) is 8.51. The summed E-state index contributed by atoms with van der Waals surface area (Å²) < 4.78 is 0. The summed E-state index contributed by atoms with van der Waals surface area (Å²) >= 11 is 0. The molecular formula is C20H21N3O3. The van der Waals surface area contributed by atoms with Gasteiger partial charge in [0.2, 0.25) is 5.91 Å². The van der Waals surface area contributed by atoms with Crippen LogP contribution in [0.15, 0.2) is 54.6 Å². The van der Waals surface area contributed by atoms with Crippen LogP contribution in [0.25, 0.3) is 0 Å². The molecule has 2 aromatic rings. The Labute approximate surface area is 152 Å².